The summed E-state index contributed by atoms with van der Waals surface area (Å²) in [4.78, 5) is 21.0. The van der Waals surface area contributed by atoms with Crippen molar-refractivity contribution in [3.8, 4) is 0 Å². The highest BCUT2D eigenvalue weighted by molar-refractivity contribution is 8.18. The van der Waals surface area contributed by atoms with Crippen molar-refractivity contribution in [3.63, 3.8) is 0 Å². The van der Waals surface area contributed by atoms with Crippen molar-refractivity contribution in [2.24, 2.45) is 4.99 Å². The zero-order valence-electron chi connectivity index (χ0n) is 14.6. The second-order valence-electron chi connectivity index (χ2n) is 6.44. The van der Waals surface area contributed by atoms with E-state index in [1.54, 1.807) is 11.0 Å². The molecule has 0 unspecified atom stereocenters. The molecule has 2 aliphatic heterocycles. The quantitative estimate of drug-likeness (QED) is 0.805. The standard InChI is InChI=1S/C19H20N4O2S/c1-22-9-11-23(12-10-22)17-8-7-15(25-17)13-16-18(24)21-19(26-16)20-14-5-3-2-4-6-14/h2-8,13H,9-12H2,1H3,(H,20,21,24)/p+1/b16-13-. The Hall–Kier alpha value is -2.51. The van der Waals surface area contributed by atoms with Gasteiger partial charge < -0.3 is 19.5 Å². The van der Waals surface area contributed by atoms with Gasteiger partial charge in [0.25, 0.3) is 5.91 Å². The Labute approximate surface area is 156 Å². The Kier molecular flexibility index (Phi) is 4.81. The van der Waals surface area contributed by atoms with E-state index >= 15 is 0 Å². The lowest BCUT2D eigenvalue weighted by Crippen LogP contribution is -3.12. The number of quaternary nitrogens is 1. The predicted molar refractivity (Wildman–Crippen MR) is 105 cm³/mol. The van der Waals surface area contributed by atoms with Crippen molar-refractivity contribution in [1.82, 2.24) is 5.32 Å². The van der Waals surface area contributed by atoms with Crippen molar-refractivity contribution in [3.05, 3.63) is 53.1 Å². The van der Waals surface area contributed by atoms with Crippen LogP contribution in [0.15, 0.2) is 56.8 Å². The average Bonchev–Trinajstić information content (AvgIpc) is 3.24. The van der Waals surface area contributed by atoms with Crippen LogP contribution in [0.2, 0.25) is 0 Å². The van der Waals surface area contributed by atoms with Gasteiger partial charge in [-0.25, -0.2) is 4.99 Å². The molecule has 2 fully saturated rings. The zero-order valence-corrected chi connectivity index (χ0v) is 15.4. The minimum absolute atomic E-state index is 0.147. The van der Waals surface area contributed by atoms with Gasteiger partial charge in [-0.3, -0.25) is 4.79 Å². The summed E-state index contributed by atoms with van der Waals surface area (Å²) >= 11 is 1.33. The molecule has 1 aromatic heterocycles. The Balaban J connectivity index is 1.47. The number of carbonyl (C=O) groups is 1. The third kappa shape index (κ3) is 3.84. The maximum absolute atomic E-state index is 12.2. The summed E-state index contributed by atoms with van der Waals surface area (Å²) in [6.45, 7) is 4.18. The number of piperazine rings is 1. The zero-order chi connectivity index (χ0) is 17.9. The maximum atomic E-state index is 12.2. The van der Waals surface area contributed by atoms with Crippen LogP contribution in [0.1, 0.15) is 5.76 Å². The van der Waals surface area contributed by atoms with Crippen molar-refractivity contribution >= 4 is 40.5 Å². The number of nitrogens with zero attached hydrogens (tertiary/aromatic N) is 2. The van der Waals surface area contributed by atoms with Gasteiger partial charge in [0.1, 0.15) is 5.76 Å². The Morgan fingerprint density at radius 1 is 1.19 bits per heavy atom. The highest BCUT2D eigenvalue weighted by Gasteiger charge is 2.25. The number of furan rings is 1. The van der Waals surface area contributed by atoms with Crippen LogP contribution in [0.5, 0.6) is 0 Å². The van der Waals surface area contributed by atoms with Gasteiger partial charge in [-0.05, 0) is 30.0 Å². The lowest BCUT2D eigenvalue weighted by Gasteiger charge is -2.29. The van der Waals surface area contributed by atoms with Gasteiger partial charge in [-0.2, -0.15) is 0 Å². The third-order valence-electron chi connectivity index (χ3n) is 4.45. The van der Waals surface area contributed by atoms with Crippen LogP contribution in [-0.4, -0.2) is 44.3 Å². The number of rotatable bonds is 3. The van der Waals surface area contributed by atoms with E-state index in [0.717, 1.165) is 37.8 Å². The minimum atomic E-state index is -0.147. The van der Waals surface area contributed by atoms with Gasteiger partial charge in [0.15, 0.2) is 11.1 Å². The van der Waals surface area contributed by atoms with Crippen LogP contribution in [0, 0.1) is 0 Å². The molecular weight excluding hydrogens is 348 g/mol. The van der Waals surface area contributed by atoms with Crippen LogP contribution in [-0.2, 0) is 4.79 Å². The number of amides is 1. The van der Waals surface area contributed by atoms with Gasteiger partial charge in [0.05, 0.1) is 43.8 Å². The second kappa shape index (κ2) is 7.39. The summed E-state index contributed by atoms with van der Waals surface area (Å²) in [6, 6.07) is 13.5. The van der Waals surface area contributed by atoms with Gasteiger partial charge in [-0.1, -0.05) is 18.2 Å². The monoisotopic (exact) mass is 369 g/mol. The molecule has 26 heavy (non-hydrogen) atoms. The fourth-order valence-corrected chi connectivity index (χ4v) is 3.75. The third-order valence-corrected chi connectivity index (χ3v) is 5.36. The van der Waals surface area contributed by atoms with E-state index in [1.807, 2.05) is 42.5 Å². The number of anilines is 1. The first kappa shape index (κ1) is 16.9. The smallest absolute Gasteiger partial charge is 0.264 e. The number of aliphatic imine (C=N–C) groups is 1. The molecule has 7 heteroatoms. The molecule has 0 aliphatic carbocycles. The molecule has 0 spiro atoms. The van der Waals surface area contributed by atoms with Gasteiger partial charge in [0, 0.05) is 12.1 Å². The van der Waals surface area contributed by atoms with Crippen molar-refractivity contribution in [1.29, 1.82) is 0 Å². The lowest BCUT2D eigenvalue weighted by molar-refractivity contribution is -0.880. The molecule has 2 aromatic rings. The van der Waals surface area contributed by atoms with Crippen LogP contribution < -0.4 is 15.1 Å². The second-order valence-corrected chi connectivity index (χ2v) is 7.47. The number of amidine groups is 1. The number of nitrogens with one attached hydrogen (secondary N) is 2. The van der Waals surface area contributed by atoms with Gasteiger partial charge in [0.2, 0.25) is 0 Å². The van der Waals surface area contributed by atoms with Crippen LogP contribution in [0.3, 0.4) is 0 Å². The SMILES string of the molecule is C[NH+]1CCN(c2ccc(/C=C3\SC(=Nc4ccccc4)NC3=O)o2)CC1. The molecule has 2 aliphatic rings. The number of para-hydroxylation sites is 1. The largest absolute Gasteiger partial charge is 0.441 e. The molecule has 0 radical (unpaired) electrons. The normalized spacial score (nSPS) is 21.6. The average molecular weight is 369 g/mol. The van der Waals surface area contributed by atoms with E-state index in [-0.39, 0.29) is 5.91 Å². The lowest BCUT2D eigenvalue weighted by atomic mass is 10.3. The number of thioether (sulfide) groups is 1. The summed E-state index contributed by atoms with van der Waals surface area (Å²) in [6.07, 6.45) is 1.78. The highest BCUT2D eigenvalue weighted by atomic mass is 32.2. The molecule has 3 heterocycles. The maximum Gasteiger partial charge on any atom is 0.264 e. The number of benzene rings is 1. The number of likely N-dealkylation sites (N-methyl/N-ethyl adjacent to an activating group) is 1. The van der Waals surface area contributed by atoms with Crippen molar-refractivity contribution < 1.29 is 14.1 Å². The van der Waals surface area contributed by atoms with E-state index in [2.05, 4.69) is 22.3 Å². The number of hydrogen-bond acceptors (Lipinski definition) is 5. The van der Waals surface area contributed by atoms with Gasteiger partial charge >= 0.3 is 0 Å². The topological polar surface area (TPSA) is 62.3 Å². The van der Waals surface area contributed by atoms with E-state index < -0.39 is 0 Å². The van der Waals surface area contributed by atoms with Crippen molar-refractivity contribution in [2.45, 2.75) is 0 Å². The van der Waals surface area contributed by atoms with Crippen LogP contribution >= 0.6 is 11.8 Å². The number of carbonyl (C=O) groups excluding carboxylic acids is 1. The van der Waals surface area contributed by atoms with E-state index in [1.165, 1.54) is 11.8 Å². The predicted octanol–water partition coefficient (Wildman–Crippen LogP) is 1.51. The van der Waals surface area contributed by atoms with Gasteiger partial charge in [-0.15, -0.1) is 0 Å². The van der Waals surface area contributed by atoms with E-state index in [9.17, 15) is 4.79 Å². The van der Waals surface area contributed by atoms with Crippen LogP contribution in [0.4, 0.5) is 11.6 Å². The molecule has 2 N–H and O–H groups in total. The molecule has 134 valence electrons. The molecule has 0 bridgehead atoms. The summed E-state index contributed by atoms with van der Waals surface area (Å²) in [5.74, 6) is 1.40. The van der Waals surface area contributed by atoms with Crippen LogP contribution in [0.25, 0.3) is 6.08 Å². The minimum Gasteiger partial charge on any atom is -0.441 e. The fraction of sp³-hybridized carbons (Fsp3) is 0.263. The molecule has 0 atom stereocenters. The molecule has 4 rings (SSSR count). The highest BCUT2D eigenvalue weighted by Crippen LogP contribution is 2.29. The summed E-state index contributed by atoms with van der Waals surface area (Å²) in [7, 11) is 2.21. The molecule has 2 saturated heterocycles. The summed E-state index contributed by atoms with van der Waals surface area (Å²) in [5.41, 5.74) is 0.814. The summed E-state index contributed by atoms with van der Waals surface area (Å²) < 4.78 is 5.93. The number of hydrogen-bond donors (Lipinski definition) is 2. The van der Waals surface area contributed by atoms with E-state index in [0.29, 0.717) is 15.8 Å². The van der Waals surface area contributed by atoms with E-state index in [4.69, 9.17) is 4.42 Å². The Morgan fingerprint density at radius 3 is 2.73 bits per heavy atom. The Bertz CT molecular complexity index is 851. The first-order valence-electron chi connectivity index (χ1n) is 8.68. The first-order valence-corrected chi connectivity index (χ1v) is 9.50. The summed E-state index contributed by atoms with van der Waals surface area (Å²) in [5, 5.41) is 3.38. The Morgan fingerprint density at radius 2 is 1.96 bits per heavy atom. The first-order chi connectivity index (χ1) is 12.7. The molecule has 1 aromatic carbocycles. The molecule has 1 amide bonds. The molecule has 0 saturated carbocycles. The molecular formula is C19H21N4O2S+. The molecule has 6 nitrogen and oxygen atoms in total. The fourth-order valence-electron chi connectivity index (χ4n) is 2.93. The van der Waals surface area contributed by atoms with Crippen molar-refractivity contribution in [2.75, 3.05) is 38.1 Å².